The van der Waals surface area contributed by atoms with Crippen LogP contribution in [0.1, 0.15) is 27.2 Å². The van der Waals surface area contributed by atoms with Gasteiger partial charge in [0.2, 0.25) is 0 Å². The van der Waals surface area contributed by atoms with E-state index in [2.05, 4.69) is 20.9 Å². The lowest BCUT2D eigenvalue weighted by Crippen LogP contribution is -2.00. The molecular formula is C15H15BrFN. The highest BCUT2D eigenvalue weighted by Gasteiger charge is 2.12. The zero-order valence-corrected chi connectivity index (χ0v) is 12.0. The number of hydrogen-bond donors (Lipinski definition) is 0. The third-order valence-corrected chi connectivity index (χ3v) is 3.90. The first-order valence-corrected chi connectivity index (χ1v) is 6.80. The van der Waals surface area contributed by atoms with E-state index in [-0.39, 0.29) is 10.6 Å². The zero-order valence-electron chi connectivity index (χ0n) is 10.5. The molecular weight excluding hydrogens is 293 g/mol. The van der Waals surface area contributed by atoms with Crippen molar-refractivity contribution in [2.75, 3.05) is 0 Å². The standard InChI is InChI=1S/C15H15BrFN/c1-10-5-6-12(8-14(10)17)13(16)9-15-11(2)4-3-7-18-15/h3-8,13H,9H2,1-2H3. The van der Waals surface area contributed by atoms with Crippen LogP contribution in [0.25, 0.3) is 0 Å². The minimum absolute atomic E-state index is 0.0844. The average Bonchev–Trinajstić information content (AvgIpc) is 2.35. The summed E-state index contributed by atoms with van der Waals surface area (Å²) in [5.41, 5.74) is 3.82. The molecule has 3 heteroatoms. The lowest BCUT2D eigenvalue weighted by molar-refractivity contribution is 0.615. The summed E-state index contributed by atoms with van der Waals surface area (Å²) in [6.45, 7) is 3.81. The van der Waals surface area contributed by atoms with Gasteiger partial charge in [-0.25, -0.2) is 4.39 Å². The van der Waals surface area contributed by atoms with Gasteiger partial charge in [-0.2, -0.15) is 0 Å². The van der Waals surface area contributed by atoms with Crippen molar-refractivity contribution in [3.05, 3.63) is 64.7 Å². The van der Waals surface area contributed by atoms with Gasteiger partial charge in [0, 0.05) is 23.1 Å². The van der Waals surface area contributed by atoms with E-state index < -0.39 is 0 Å². The fourth-order valence-corrected chi connectivity index (χ4v) is 2.42. The van der Waals surface area contributed by atoms with Crippen molar-refractivity contribution >= 4 is 15.9 Å². The molecule has 0 N–H and O–H groups in total. The molecule has 0 spiro atoms. The molecule has 0 saturated carbocycles. The minimum atomic E-state index is -0.158. The molecule has 0 amide bonds. The Bertz CT molecular complexity index is 554. The summed E-state index contributed by atoms with van der Waals surface area (Å²) in [5.74, 6) is -0.158. The highest BCUT2D eigenvalue weighted by atomic mass is 79.9. The van der Waals surface area contributed by atoms with Gasteiger partial charge in [0.1, 0.15) is 5.82 Å². The van der Waals surface area contributed by atoms with E-state index in [1.54, 1.807) is 19.2 Å². The van der Waals surface area contributed by atoms with Crippen LogP contribution in [0.3, 0.4) is 0 Å². The number of pyridine rings is 1. The second kappa shape index (κ2) is 5.61. The quantitative estimate of drug-likeness (QED) is 0.760. The zero-order chi connectivity index (χ0) is 13.1. The van der Waals surface area contributed by atoms with Crippen molar-refractivity contribution in [1.82, 2.24) is 4.98 Å². The molecule has 1 heterocycles. The summed E-state index contributed by atoms with van der Waals surface area (Å²) in [5, 5.41) is 0. The van der Waals surface area contributed by atoms with E-state index in [9.17, 15) is 4.39 Å². The van der Waals surface area contributed by atoms with Crippen molar-refractivity contribution in [3.63, 3.8) is 0 Å². The summed E-state index contributed by atoms with van der Waals surface area (Å²) in [7, 11) is 0. The van der Waals surface area contributed by atoms with Gasteiger partial charge in [-0.05, 0) is 42.7 Å². The number of nitrogens with zero attached hydrogens (tertiary/aromatic N) is 1. The van der Waals surface area contributed by atoms with Crippen molar-refractivity contribution in [3.8, 4) is 0 Å². The van der Waals surface area contributed by atoms with Crippen LogP contribution in [0.4, 0.5) is 4.39 Å². The largest absolute Gasteiger partial charge is 0.261 e. The lowest BCUT2D eigenvalue weighted by Gasteiger charge is -2.12. The number of aryl methyl sites for hydroxylation is 2. The molecule has 0 radical (unpaired) electrons. The smallest absolute Gasteiger partial charge is 0.126 e. The molecule has 1 aromatic carbocycles. The van der Waals surface area contributed by atoms with Gasteiger partial charge in [0.25, 0.3) is 0 Å². The molecule has 1 nitrogen and oxygen atoms in total. The van der Waals surface area contributed by atoms with Crippen LogP contribution in [0.15, 0.2) is 36.5 Å². The lowest BCUT2D eigenvalue weighted by atomic mass is 10.0. The number of benzene rings is 1. The molecule has 0 saturated heterocycles. The van der Waals surface area contributed by atoms with Crippen molar-refractivity contribution < 1.29 is 4.39 Å². The minimum Gasteiger partial charge on any atom is -0.261 e. The first-order chi connectivity index (χ1) is 8.58. The molecule has 0 bridgehead atoms. The van der Waals surface area contributed by atoms with E-state index in [4.69, 9.17) is 0 Å². The molecule has 1 aromatic heterocycles. The molecule has 18 heavy (non-hydrogen) atoms. The van der Waals surface area contributed by atoms with Gasteiger partial charge >= 0.3 is 0 Å². The van der Waals surface area contributed by atoms with E-state index in [1.807, 2.05) is 31.2 Å². The molecule has 2 aromatic rings. The maximum Gasteiger partial charge on any atom is 0.126 e. The number of aromatic nitrogens is 1. The second-order valence-electron chi connectivity index (χ2n) is 4.45. The van der Waals surface area contributed by atoms with Crippen LogP contribution in [0.2, 0.25) is 0 Å². The fraction of sp³-hybridized carbons (Fsp3) is 0.267. The van der Waals surface area contributed by atoms with E-state index >= 15 is 0 Å². The molecule has 2 rings (SSSR count). The van der Waals surface area contributed by atoms with E-state index in [0.29, 0.717) is 5.56 Å². The summed E-state index contributed by atoms with van der Waals surface area (Å²) in [6.07, 6.45) is 2.55. The molecule has 1 unspecified atom stereocenters. The Kier molecular flexibility index (Phi) is 4.12. The highest BCUT2D eigenvalue weighted by Crippen LogP contribution is 2.28. The van der Waals surface area contributed by atoms with Gasteiger partial charge in [-0.3, -0.25) is 4.98 Å². The van der Waals surface area contributed by atoms with Crippen molar-refractivity contribution in [2.45, 2.75) is 25.1 Å². The Labute approximate surface area is 115 Å². The predicted octanol–water partition coefficient (Wildman–Crippen LogP) is 4.52. The van der Waals surface area contributed by atoms with E-state index in [0.717, 1.165) is 23.2 Å². The summed E-state index contributed by atoms with van der Waals surface area (Å²) < 4.78 is 13.5. The summed E-state index contributed by atoms with van der Waals surface area (Å²) >= 11 is 3.61. The second-order valence-corrected chi connectivity index (χ2v) is 5.55. The molecule has 0 aliphatic rings. The van der Waals surface area contributed by atoms with Crippen LogP contribution in [0, 0.1) is 19.7 Å². The van der Waals surface area contributed by atoms with Crippen LogP contribution in [-0.4, -0.2) is 4.98 Å². The van der Waals surface area contributed by atoms with Crippen LogP contribution in [-0.2, 0) is 6.42 Å². The van der Waals surface area contributed by atoms with Gasteiger partial charge in [0.15, 0.2) is 0 Å². The molecule has 0 fully saturated rings. The Morgan fingerprint density at radius 2 is 2.00 bits per heavy atom. The van der Waals surface area contributed by atoms with E-state index in [1.165, 1.54) is 0 Å². The number of hydrogen-bond acceptors (Lipinski definition) is 1. The summed E-state index contributed by atoms with van der Waals surface area (Å²) in [4.78, 5) is 4.44. The Morgan fingerprint density at radius 1 is 1.22 bits per heavy atom. The third-order valence-electron chi connectivity index (χ3n) is 3.05. The Hall–Kier alpha value is -1.22. The number of halogens is 2. The van der Waals surface area contributed by atoms with Gasteiger partial charge in [0.05, 0.1) is 0 Å². The first-order valence-electron chi connectivity index (χ1n) is 5.88. The van der Waals surface area contributed by atoms with Crippen molar-refractivity contribution in [2.24, 2.45) is 0 Å². The predicted molar refractivity (Wildman–Crippen MR) is 75.5 cm³/mol. The van der Waals surface area contributed by atoms with Gasteiger partial charge in [-0.15, -0.1) is 0 Å². The molecule has 1 atom stereocenters. The Balaban J connectivity index is 2.19. The number of rotatable bonds is 3. The maximum absolute atomic E-state index is 13.5. The van der Waals surface area contributed by atoms with Gasteiger partial charge < -0.3 is 0 Å². The van der Waals surface area contributed by atoms with Crippen molar-refractivity contribution in [1.29, 1.82) is 0 Å². The molecule has 0 aliphatic carbocycles. The molecule has 94 valence electrons. The molecule has 0 aliphatic heterocycles. The van der Waals surface area contributed by atoms with Gasteiger partial charge in [-0.1, -0.05) is 34.1 Å². The number of alkyl halides is 1. The monoisotopic (exact) mass is 307 g/mol. The van der Waals surface area contributed by atoms with Crippen LogP contribution in [0.5, 0.6) is 0 Å². The Morgan fingerprint density at radius 3 is 2.67 bits per heavy atom. The van der Waals surface area contributed by atoms with Crippen LogP contribution < -0.4 is 0 Å². The summed E-state index contributed by atoms with van der Waals surface area (Å²) in [6, 6.07) is 9.32. The first kappa shape index (κ1) is 13.2. The topological polar surface area (TPSA) is 12.9 Å². The van der Waals surface area contributed by atoms with Crippen LogP contribution >= 0.6 is 15.9 Å². The fourth-order valence-electron chi connectivity index (χ4n) is 1.82. The highest BCUT2D eigenvalue weighted by molar-refractivity contribution is 9.09. The SMILES string of the molecule is Cc1ccc(C(Br)Cc2ncccc2C)cc1F. The third kappa shape index (κ3) is 2.96. The average molecular weight is 308 g/mol. The normalized spacial score (nSPS) is 12.4. The maximum atomic E-state index is 13.5.